The molecule has 1 aliphatic rings. The molecule has 0 aromatic heterocycles. The van der Waals surface area contributed by atoms with Crippen molar-refractivity contribution < 1.29 is 33.5 Å². The normalized spacial score (nSPS) is 15.4. The van der Waals surface area contributed by atoms with Crippen LogP contribution in [0.5, 0.6) is 0 Å². The molecule has 190 valence electrons. The van der Waals surface area contributed by atoms with E-state index in [2.05, 4.69) is 16.0 Å². The molecule has 0 bridgehead atoms. The molecule has 0 saturated carbocycles. The molecular formula is C23H36N4O7. The summed E-state index contributed by atoms with van der Waals surface area (Å²) in [5.41, 5.74) is -0.297. The van der Waals surface area contributed by atoms with Gasteiger partial charge in [-0.05, 0) is 54.4 Å². The lowest BCUT2D eigenvalue weighted by Crippen LogP contribution is -2.50. The first-order valence-corrected chi connectivity index (χ1v) is 11.3. The predicted molar refractivity (Wildman–Crippen MR) is 123 cm³/mol. The third kappa shape index (κ3) is 10.1. The molecule has 11 nitrogen and oxygen atoms in total. The van der Waals surface area contributed by atoms with E-state index in [-0.39, 0.29) is 49.6 Å². The summed E-state index contributed by atoms with van der Waals surface area (Å²) in [6.45, 7) is 10.0. The van der Waals surface area contributed by atoms with E-state index in [1.165, 1.54) is 19.9 Å². The van der Waals surface area contributed by atoms with Gasteiger partial charge in [-0.3, -0.25) is 28.9 Å². The molecule has 0 unspecified atom stereocenters. The molecule has 0 saturated heterocycles. The maximum Gasteiger partial charge on any atom is 0.328 e. The van der Waals surface area contributed by atoms with Gasteiger partial charge in [-0.2, -0.15) is 0 Å². The van der Waals surface area contributed by atoms with Gasteiger partial charge in [0.1, 0.15) is 17.7 Å². The Morgan fingerprint density at radius 1 is 0.971 bits per heavy atom. The van der Waals surface area contributed by atoms with E-state index in [9.17, 15) is 28.8 Å². The third-order valence-electron chi connectivity index (χ3n) is 4.79. The average Bonchev–Trinajstić information content (AvgIpc) is 2.95. The minimum atomic E-state index is -0.855. The molecule has 5 amide bonds. The molecule has 0 aromatic carbocycles. The van der Waals surface area contributed by atoms with Crippen molar-refractivity contribution in [2.24, 2.45) is 0 Å². The van der Waals surface area contributed by atoms with Crippen molar-refractivity contribution in [1.29, 1.82) is 0 Å². The van der Waals surface area contributed by atoms with Crippen LogP contribution in [0.2, 0.25) is 0 Å². The smallest absolute Gasteiger partial charge is 0.328 e. The van der Waals surface area contributed by atoms with Gasteiger partial charge in [0.25, 0.3) is 11.8 Å². The zero-order chi connectivity index (χ0) is 26.1. The first-order chi connectivity index (χ1) is 15.7. The predicted octanol–water partition coefficient (Wildman–Crippen LogP) is 0.329. The summed E-state index contributed by atoms with van der Waals surface area (Å²) in [4.78, 5) is 72.6. The van der Waals surface area contributed by atoms with Crippen LogP contribution in [0, 0.1) is 0 Å². The van der Waals surface area contributed by atoms with E-state index < -0.39 is 29.6 Å². The lowest BCUT2D eigenvalue weighted by atomic mass is 10.1. The number of unbranched alkanes of at least 4 members (excludes halogenated alkanes) is 1. The number of nitrogens with zero attached hydrogens (tertiary/aromatic N) is 1. The second-order valence-corrected chi connectivity index (χ2v) is 9.23. The first kappa shape index (κ1) is 28.8. The number of imide groups is 1. The summed E-state index contributed by atoms with van der Waals surface area (Å²) in [5.74, 6) is -2.40. The Kier molecular flexibility index (Phi) is 10.9. The summed E-state index contributed by atoms with van der Waals surface area (Å²) >= 11 is 0. The molecular weight excluding hydrogens is 444 g/mol. The number of amides is 5. The summed E-state index contributed by atoms with van der Waals surface area (Å²) in [7, 11) is 0. The molecule has 0 radical (unpaired) electrons. The second kappa shape index (κ2) is 12.9. The van der Waals surface area contributed by atoms with E-state index in [1.807, 2.05) is 0 Å². The largest absolute Gasteiger partial charge is 0.458 e. The van der Waals surface area contributed by atoms with E-state index in [0.29, 0.717) is 18.4 Å². The lowest BCUT2D eigenvalue weighted by molar-refractivity contribution is -0.158. The van der Waals surface area contributed by atoms with Crippen molar-refractivity contribution in [3.05, 3.63) is 11.6 Å². The molecule has 3 N–H and O–H groups in total. The van der Waals surface area contributed by atoms with Gasteiger partial charge in [0.15, 0.2) is 0 Å². The second-order valence-electron chi connectivity index (χ2n) is 9.23. The van der Waals surface area contributed by atoms with Crippen molar-refractivity contribution in [3.8, 4) is 0 Å². The van der Waals surface area contributed by atoms with Crippen molar-refractivity contribution in [3.63, 3.8) is 0 Å². The van der Waals surface area contributed by atoms with Crippen molar-refractivity contribution in [2.45, 2.75) is 84.9 Å². The van der Waals surface area contributed by atoms with Gasteiger partial charge >= 0.3 is 5.97 Å². The Labute approximate surface area is 200 Å². The van der Waals surface area contributed by atoms with Gasteiger partial charge < -0.3 is 20.7 Å². The lowest BCUT2D eigenvalue weighted by Gasteiger charge is -2.23. The summed E-state index contributed by atoms with van der Waals surface area (Å²) in [5, 5.41) is 7.71. The fourth-order valence-corrected chi connectivity index (χ4v) is 2.98. The van der Waals surface area contributed by atoms with Crippen LogP contribution in [0.4, 0.5) is 0 Å². The number of ether oxygens (including phenoxy) is 1. The van der Waals surface area contributed by atoms with E-state index >= 15 is 0 Å². The molecule has 1 heterocycles. The topological polar surface area (TPSA) is 151 Å². The number of rotatable bonds is 12. The standard InChI is InChI=1S/C23H36N4O7/c1-14-13-19(30)27(21(14)32)12-11-24-17(28)9-7-8-10-18(29)25-15(2)20(31)26-16(3)22(33)34-23(4,5)6/h13,15-16H,7-12H2,1-6H3,(H,24,28)(H,25,29)(H,26,31)/t15-,16-/m0/s1. The Morgan fingerprint density at radius 3 is 2.09 bits per heavy atom. The maximum absolute atomic E-state index is 12.2. The van der Waals surface area contributed by atoms with Crippen LogP contribution in [-0.2, 0) is 33.5 Å². The van der Waals surface area contributed by atoms with Gasteiger partial charge in [0.2, 0.25) is 17.7 Å². The minimum absolute atomic E-state index is 0.103. The SMILES string of the molecule is CC1=CC(=O)N(CCNC(=O)CCCCC(=O)N[C@@H](C)C(=O)N[C@@H](C)C(=O)OC(C)(C)C)C1=O. The molecule has 1 aliphatic heterocycles. The average molecular weight is 481 g/mol. The monoisotopic (exact) mass is 480 g/mol. The molecule has 2 atom stereocenters. The quantitative estimate of drug-likeness (QED) is 0.207. The number of esters is 1. The van der Waals surface area contributed by atoms with Crippen LogP contribution in [0.25, 0.3) is 0 Å². The van der Waals surface area contributed by atoms with Crippen LogP contribution in [0.3, 0.4) is 0 Å². The number of carbonyl (C=O) groups excluding carboxylic acids is 6. The fraction of sp³-hybridized carbons (Fsp3) is 0.652. The van der Waals surface area contributed by atoms with E-state index in [1.54, 1.807) is 27.7 Å². The molecule has 0 aromatic rings. The Hall–Kier alpha value is -3.24. The highest BCUT2D eigenvalue weighted by atomic mass is 16.6. The molecule has 34 heavy (non-hydrogen) atoms. The van der Waals surface area contributed by atoms with Crippen LogP contribution in [-0.4, -0.2) is 71.2 Å². The molecule has 0 spiro atoms. The fourth-order valence-electron chi connectivity index (χ4n) is 2.98. The molecule has 1 rings (SSSR count). The van der Waals surface area contributed by atoms with Crippen LogP contribution >= 0.6 is 0 Å². The van der Waals surface area contributed by atoms with Crippen molar-refractivity contribution >= 4 is 35.5 Å². The van der Waals surface area contributed by atoms with Crippen LogP contribution in [0.1, 0.15) is 67.2 Å². The number of hydrogen-bond donors (Lipinski definition) is 3. The zero-order valence-corrected chi connectivity index (χ0v) is 20.8. The van der Waals surface area contributed by atoms with E-state index in [4.69, 9.17) is 4.74 Å². The summed E-state index contributed by atoms with van der Waals surface area (Å²) in [6.07, 6.45) is 2.48. The minimum Gasteiger partial charge on any atom is -0.458 e. The van der Waals surface area contributed by atoms with Crippen molar-refractivity contribution in [2.75, 3.05) is 13.1 Å². The van der Waals surface area contributed by atoms with Gasteiger partial charge in [0.05, 0.1) is 0 Å². The number of nitrogens with one attached hydrogen (secondary N) is 3. The first-order valence-electron chi connectivity index (χ1n) is 11.3. The molecule has 0 aliphatic carbocycles. The highest BCUT2D eigenvalue weighted by molar-refractivity contribution is 6.15. The summed E-state index contributed by atoms with van der Waals surface area (Å²) < 4.78 is 5.20. The highest BCUT2D eigenvalue weighted by Crippen LogP contribution is 2.11. The van der Waals surface area contributed by atoms with Gasteiger partial charge in [-0.1, -0.05) is 0 Å². The Balaban J connectivity index is 2.21. The number of carbonyl (C=O) groups is 6. The van der Waals surface area contributed by atoms with Crippen LogP contribution in [0.15, 0.2) is 11.6 Å². The van der Waals surface area contributed by atoms with Gasteiger partial charge in [-0.25, -0.2) is 4.79 Å². The Bertz CT molecular complexity index is 845. The number of hydrogen-bond acceptors (Lipinski definition) is 7. The highest BCUT2D eigenvalue weighted by Gasteiger charge is 2.28. The molecule has 0 fully saturated rings. The van der Waals surface area contributed by atoms with Gasteiger partial charge in [0, 0.05) is 37.6 Å². The maximum atomic E-state index is 12.2. The van der Waals surface area contributed by atoms with E-state index in [0.717, 1.165) is 4.90 Å². The van der Waals surface area contributed by atoms with Crippen molar-refractivity contribution in [1.82, 2.24) is 20.9 Å². The van der Waals surface area contributed by atoms with Gasteiger partial charge in [-0.15, -0.1) is 0 Å². The molecule has 11 heteroatoms. The zero-order valence-electron chi connectivity index (χ0n) is 20.8. The Morgan fingerprint density at radius 2 is 1.56 bits per heavy atom. The van der Waals surface area contributed by atoms with Crippen LogP contribution < -0.4 is 16.0 Å². The summed E-state index contributed by atoms with van der Waals surface area (Å²) in [6, 6.07) is -1.69. The third-order valence-corrected chi connectivity index (χ3v) is 4.79.